The molecular formula is C44H87NO8. The van der Waals surface area contributed by atoms with Gasteiger partial charge in [-0.15, -0.1) is 0 Å². The van der Waals surface area contributed by atoms with Gasteiger partial charge < -0.3 is 40.3 Å². The van der Waals surface area contributed by atoms with Crippen molar-refractivity contribution in [1.29, 1.82) is 0 Å². The second-order valence-corrected chi connectivity index (χ2v) is 16.2. The number of rotatable bonds is 38. The summed E-state index contributed by atoms with van der Waals surface area (Å²) in [5, 5.41) is 54.2. The lowest BCUT2D eigenvalue weighted by molar-refractivity contribution is -0.302. The van der Waals surface area contributed by atoms with Gasteiger partial charge in [0.05, 0.1) is 25.4 Å². The minimum Gasteiger partial charge on any atom is -0.394 e. The largest absolute Gasteiger partial charge is 0.394 e. The van der Waals surface area contributed by atoms with Crippen LogP contribution in [0.1, 0.15) is 219 Å². The molecule has 0 bridgehead atoms. The maximum absolute atomic E-state index is 12.9. The normalized spacial score (nSPS) is 21.5. The molecule has 7 unspecified atom stereocenters. The van der Waals surface area contributed by atoms with Gasteiger partial charge in [0.15, 0.2) is 6.29 Å². The first kappa shape index (κ1) is 50.2. The number of hydrogen-bond acceptors (Lipinski definition) is 8. The minimum atomic E-state index is -1.55. The zero-order valence-corrected chi connectivity index (χ0v) is 34.5. The van der Waals surface area contributed by atoms with E-state index in [0.29, 0.717) is 12.8 Å². The Labute approximate surface area is 325 Å². The van der Waals surface area contributed by atoms with Crippen LogP contribution in [0.3, 0.4) is 0 Å². The van der Waals surface area contributed by atoms with Gasteiger partial charge in [0.2, 0.25) is 5.91 Å². The molecule has 0 aromatic heterocycles. The highest BCUT2D eigenvalue weighted by molar-refractivity contribution is 5.76. The number of aliphatic hydroxyl groups is 5. The molecule has 0 saturated carbocycles. The Morgan fingerprint density at radius 1 is 0.566 bits per heavy atom. The maximum atomic E-state index is 12.9. The molecule has 6 N–H and O–H groups in total. The molecular weight excluding hydrogens is 670 g/mol. The van der Waals surface area contributed by atoms with Crippen molar-refractivity contribution >= 4 is 5.91 Å². The van der Waals surface area contributed by atoms with Crippen molar-refractivity contribution in [2.24, 2.45) is 0 Å². The number of ether oxygens (including phenoxy) is 2. The first-order valence-corrected chi connectivity index (χ1v) is 22.7. The molecule has 1 fully saturated rings. The second kappa shape index (κ2) is 35.6. The predicted octanol–water partition coefficient (Wildman–Crippen LogP) is 9.17. The van der Waals surface area contributed by atoms with E-state index in [-0.39, 0.29) is 12.5 Å². The Hall–Kier alpha value is -0.810. The quantitative estimate of drug-likeness (QED) is 0.0342. The van der Waals surface area contributed by atoms with Crippen LogP contribution in [0.2, 0.25) is 0 Å². The van der Waals surface area contributed by atoms with Crippen LogP contribution in [0.15, 0.2) is 0 Å². The molecule has 0 aromatic carbocycles. The van der Waals surface area contributed by atoms with Crippen LogP contribution in [0.5, 0.6) is 0 Å². The zero-order chi connectivity index (χ0) is 38.8. The fraction of sp³-hybridized carbons (Fsp3) is 0.977. The van der Waals surface area contributed by atoms with Gasteiger partial charge in [-0.1, -0.05) is 200 Å². The van der Waals surface area contributed by atoms with Gasteiger partial charge in [-0.2, -0.15) is 0 Å². The standard InChI is InChI=1S/C44H87NO8/c1-3-5-7-9-11-13-15-16-17-18-19-20-21-22-24-26-28-30-32-34-40(48)45-37(36-52-44-43(51)42(50)41(49)39(35-46)53-44)38(47)33-31-29-27-25-23-14-12-10-8-6-4-2/h37-39,41-44,46-47,49-51H,3-36H2,1-2H3,(H,45,48). The lowest BCUT2D eigenvalue weighted by Gasteiger charge is -2.40. The number of amides is 1. The van der Waals surface area contributed by atoms with Gasteiger partial charge in [0.25, 0.3) is 0 Å². The van der Waals surface area contributed by atoms with Crippen molar-refractivity contribution in [2.75, 3.05) is 13.2 Å². The van der Waals surface area contributed by atoms with Crippen LogP contribution in [0, 0.1) is 0 Å². The molecule has 7 atom stereocenters. The average molecular weight is 758 g/mol. The second-order valence-electron chi connectivity index (χ2n) is 16.2. The van der Waals surface area contributed by atoms with E-state index < -0.39 is 49.5 Å². The Bertz CT molecular complexity index is 801. The zero-order valence-electron chi connectivity index (χ0n) is 34.5. The van der Waals surface area contributed by atoms with Crippen LogP contribution >= 0.6 is 0 Å². The summed E-state index contributed by atoms with van der Waals surface area (Å²) >= 11 is 0. The Morgan fingerprint density at radius 2 is 0.943 bits per heavy atom. The van der Waals surface area contributed by atoms with Gasteiger partial charge in [0, 0.05) is 6.42 Å². The summed E-state index contributed by atoms with van der Waals surface area (Å²) in [7, 11) is 0. The SMILES string of the molecule is CCCCCCCCCCCCCCCCCCCCCC(=O)NC(COC1OC(CO)C(O)C(O)C1O)C(O)CCCCCCCCCCCCC. The highest BCUT2D eigenvalue weighted by atomic mass is 16.7. The number of carbonyl (C=O) groups excluding carboxylic acids is 1. The molecule has 1 heterocycles. The van der Waals surface area contributed by atoms with Crippen molar-refractivity contribution in [2.45, 2.75) is 262 Å². The Balaban J connectivity index is 2.28. The summed E-state index contributed by atoms with van der Waals surface area (Å²) in [6.45, 7) is 3.83. The third-order valence-electron chi connectivity index (χ3n) is 11.2. The van der Waals surface area contributed by atoms with Gasteiger partial charge >= 0.3 is 0 Å². The first-order chi connectivity index (χ1) is 25.8. The van der Waals surface area contributed by atoms with Crippen LogP contribution < -0.4 is 5.32 Å². The van der Waals surface area contributed by atoms with Crippen LogP contribution in [-0.4, -0.2) is 87.5 Å². The summed E-state index contributed by atoms with van der Waals surface area (Å²) < 4.78 is 11.2. The summed E-state index contributed by atoms with van der Waals surface area (Å²) in [4.78, 5) is 12.9. The Kier molecular flexibility index (Phi) is 33.7. The number of carbonyl (C=O) groups is 1. The molecule has 0 aromatic rings. The van der Waals surface area contributed by atoms with E-state index in [4.69, 9.17) is 9.47 Å². The number of nitrogens with one attached hydrogen (secondary N) is 1. The van der Waals surface area contributed by atoms with Crippen molar-refractivity contribution in [3.8, 4) is 0 Å². The van der Waals surface area contributed by atoms with Crippen molar-refractivity contribution in [3.63, 3.8) is 0 Å². The monoisotopic (exact) mass is 758 g/mol. The molecule has 9 nitrogen and oxygen atoms in total. The molecule has 53 heavy (non-hydrogen) atoms. The van der Waals surface area contributed by atoms with E-state index in [1.54, 1.807) is 0 Å². The van der Waals surface area contributed by atoms with E-state index in [1.807, 2.05) is 0 Å². The van der Waals surface area contributed by atoms with Crippen molar-refractivity contribution < 1.29 is 39.8 Å². The van der Waals surface area contributed by atoms with Crippen LogP contribution in [0.25, 0.3) is 0 Å². The fourth-order valence-corrected chi connectivity index (χ4v) is 7.51. The Morgan fingerprint density at radius 3 is 1.34 bits per heavy atom. The predicted molar refractivity (Wildman–Crippen MR) is 217 cm³/mol. The molecule has 0 spiro atoms. The van der Waals surface area contributed by atoms with Gasteiger partial charge in [-0.05, 0) is 12.8 Å². The smallest absolute Gasteiger partial charge is 0.220 e. The van der Waals surface area contributed by atoms with Gasteiger partial charge in [-0.25, -0.2) is 0 Å². The lowest BCUT2D eigenvalue weighted by atomic mass is 9.99. The van der Waals surface area contributed by atoms with Gasteiger partial charge in [0.1, 0.15) is 24.4 Å². The van der Waals surface area contributed by atoms with E-state index in [1.165, 1.54) is 154 Å². The minimum absolute atomic E-state index is 0.132. The van der Waals surface area contributed by atoms with Crippen LogP contribution in [0.4, 0.5) is 0 Å². The fourth-order valence-electron chi connectivity index (χ4n) is 7.51. The molecule has 9 heteroatoms. The highest BCUT2D eigenvalue weighted by Gasteiger charge is 2.44. The number of hydrogen-bond donors (Lipinski definition) is 6. The average Bonchev–Trinajstić information content (AvgIpc) is 3.16. The molecule has 1 amide bonds. The summed E-state index contributed by atoms with van der Waals surface area (Å²) in [6.07, 6.45) is 31.1. The van der Waals surface area contributed by atoms with E-state index in [9.17, 15) is 30.3 Å². The van der Waals surface area contributed by atoms with Crippen molar-refractivity contribution in [1.82, 2.24) is 5.32 Å². The molecule has 0 radical (unpaired) electrons. The van der Waals surface area contributed by atoms with E-state index >= 15 is 0 Å². The third kappa shape index (κ3) is 26.6. The van der Waals surface area contributed by atoms with Gasteiger partial charge in [-0.3, -0.25) is 4.79 Å². The topological polar surface area (TPSA) is 149 Å². The third-order valence-corrected chi connectivity index (χ3v) is 11.2. The number of unbranched alkanes of at least 4 members (excludes halogenated alkanes) is 28. The summed E-state index contributed by atoms with van der Waals surface area (Å²) in [5.41, 5.74) is 0. The molecule has 1 aliphatic heterocycles. The molecule has 1 rings (SSSR count). The highest BCUT2D eigenvalue weighted by Crippen LogP contribution is 2.23. The maximum Gasteiger partial charge on any atom is 0.220 e. The molecule has 1 saturated heterocycles. The first-order valence-electron chi connectivity index (χ1n) is 22.7. The molecule has 1 aliphatic rings. The number of aliphatic hydroxyl groups excluding tert-OH is 5. The van der Waals surface area contributed by atoms with E-state index in [0.717, 1.165) is 38.5 Å². The van der Waals surface area contributed by atoms with E-state index in [2.05, 4.69) is 19.2 Å². The summed E-state index contributed by atoms with van der Waals surface area (Å²) in [6, 6.07) is -0.710. The molecule has 0 aliphatic carbocycles. The molecule has 316 valence electrons. The lowest BCUT2D eigenvalue weighted by Crippen LogP contribution is -2.60. The van der Waals surface area contributed by atoms with Crippen LogP contribution in [-0.2, 0) is 14.3 Å². The van der Waals surface area contributed by atoms with Crippen molar-refractivity contribution in [3.05, 3.63) is 0 Å². The summed E-state index contributed by atoms with van der Waals surface area (Å²) in [5.74, 6) is -0.141.